The van der Waals surface area contributed by atoms with Gasteiger partial charge in [-0.2, -0.15) is 0 Å². The molecule has 18 heavy (non-hydrogen) atoms. The summed E-state index contributed by atoms with van der Waals surface area (Å²) in [5, 5.41) is 3.26. The van der Waals surface area contributed by atoms with E-state index < -0.39 is 0 Å². The summed E-state index contributed by atoms with van der Waals surface area (Å²) in [6, 6.07) is 10.5. The molecule has 0 amide bonds. The van der Waals surface area contributed by atoms with Crippen molar-refractivity contribution in [2.45, 2.75) is 6.54 Å². The van der Waals surface area contributed by atoms with Crippen LogP contribution in [0.15, 0.2) is 49.8 Å². The fourth-order valence-electron chi connectivity index (χ4n) is 1.50. The molecule has 1 nitrogen and oxygen atoms in total. The van der Waals surface area contributed by atoms with E-state index in [1.807, 2.05) is 18.2 Å². The molecule has 0 aliphatic carbocycles. The van der Waals surface area contributed by atoms with Crippen LogP contribution in [0, 0.1) is 5.82 Å². The zero-order chi connectivity index (χ0) is 13.1. The van der Waals surface area contributed by atoms with Crippen LogP contribution in [0.1, 0.15) is 5.56 Å². The fourth-order valence-corrected chi connectivity index (χ4v) is 2.64. The van der Waals surface area contributed by atoms with E-state index in [9.17, 15) is 4.39 Å². The van der Waals surface area contributed by atoms with Crippen molar-refractivity contribution in [3.63, 3.8) is 0 Å². The summed E-state index contributed by atoms with van der Waals surface area (Å²) in [7, 11) is 0. The molecule has 0 saturated heterocycles. The maximum absolute atomic E-state index is 13.2. The van der Waals surface area contributed by atoms with Crippen molar-refractivity contribution in [3.05, 3.63) is 61.2 Å². The predicted octanol–water partition coefficient (Wildman–Crippen LogP) is 5.73. The summed E-state index contributed by atoms with van der Waals surface area (Å²) in [4.78, 5) is 0. The van der Waals surface area contributed by atoms with Crippen LogP contribution in [0.25, 0.3) is 0 Å². The second-order valence-corrected chi connectivity index (χ2v) is 6.34. The van der Waals surface area contributed by atoms with Gasteiger partial charge in [0.25, 0.3) is 0 Å². The number of nitrogens with one attached hydrogen (secondary N) is 1. The first-order valence-corrected chi connectivity index (χ1v) is 7.57. The number of benzene rings is 2. The lowest BCUT2D eigenvalue weighted by atomic mass is 10.2. The molecule has 0 aliphatic rings. The number of halogens is 4. The van der Waals surface area contributed by atoms with Crippen LogP contribution in [-0.4, -0.2) is 0 Å². The number of anilines is 1. The molecule has 0 saturated carbocycles. The highest BCUT2D eigenvalue weighted by Crippen LogP contribution is 2.27. The molecule has 0 heterocycles. The van der Waals surface area contributed by atoms with E-state index in [1.165, 1.54) is 12.1 Å². The largest absolute Gasteiger partial charge is 0.380 e. The Morgan fingerprint density at radius 3 is 2.44 bits per heavy atom. The van der Waals surface area contributed by atoms with Crippen LogP contribution in [0.2, 0.25) is 0 Å². The summed E-state index contributed by atoms with van der Waals surface area (Å²) < 4.78 is 16.0. The van der Waals surface area contributed by atoms with Gasteiger partial charge >= 0.3 is 0 Å². The number of rotatable bonds is 3. The maximum Gasteiger partial charge on any atom is 0.123 e. The highest BCUT2D eigenvalue weighted by atomic mass is 79.9. The molecule has 0 atom stereocenters. The topological polar surface area (TPSA) is 12.0 Å². The van der Waals surface area contributed by atoms with Crippen molar-refractivity contribution in [1.82, 2.24) is 0 Å². The van der Waals surface area contributed by atoms with E-state index in [2.05, 4.69) is 53.1 Å². The third-order valence-corrected chi connectivity index (χ3v) is 4.36. The first-order valence-electron chi connectivity index (χ1n) is 5.19. The van der Waals surface area contributed by atoms with Crippen LogP contribution in [0.4, 0.5) is 10.1 Å². The first-order chi connectivity index (χ1) is 8.56. The minimum atomic E-state index is -0.233. The zero-order valence-electron chi connectivity index (χ0n) is 9.18. The van der Waals surface area contributed by atoms with Crippen molar-refractivity contribution in [3.8, 4) is 0 Å². The molecule has 0 spiro atoms. The Hall–Kier alpha value is -0.390. The van der Waals surface area contributed by atoms with Gasteiger partial charge in [-0.1, -0.05) is 31.9 Å². The van der Waals surface area contributed by atoms with Crippen molar-refractivity contribution in [2.75, 3.05) is 5.32 Å². The van der Waals surface area contributed by atoms with E-state index in [1.54, 1.807) is 6.07 Å². The Morgan fingerprint density at radius 1 is 0.944 bits per heavy atom. The molecular formula is C13H9Br3FN. The molecule has 94 valence electrons. The lowest BCUT2D eigenvalue weighted by Crippen LogP contribution is -2.01. The lowest BCUT2D eigenvalue weighted by Gasteiger charge is -2.10. The third-order valence-electron chi connectivity index (χ3n) is 2.41. The van der Waals surface area contributed by atoms with E-state index in [0.29, 0.717) is 6.54 Å². The highest BCUT2D eigenvalue weighted by molar-refractivity contribution is 9.11. The van der Waals surface area contributed by atoms with Gasteiger partial charge in [0.1, 0.15) is 5.82 Å². The van der Waals surface area contributed by atoms with Gasteiger partial charge in [-0.25, -0.2) is 4.39 Å². The quantitative estimate of drug-likeness (QED) is 0.647. The van der Waals surface area contributed by atoms with Gasteiger partial charge in [0, 0.05) is 25.7 Å². The smallest absolute Gasteiger partial charge is 0.123 e. The summed E-state index contributed by atoms with van der Waals surface area (Å²) >= 11 is 10.3. The predicted molar refractivity (Wildman–Crippen MR) is 83.3 cm³/mol. The first kappa shape index (κ1) is 14.0. The van der Waals surface area contributed by atoms with Gasteiger partial charge in [-0.3, -0.25) is 0 Å². The van der Waals surface area contributed by atoms with Crippen molar-refractivity contribution < 1.29 is 4.39 Å². The molecule has 0 radical (unpaired) electrons. The molecule has 0 fully saturated rings. The third kappa shape index (κ3) is 3.56. The SMILES string of the molecule is Fc1ccc(Br)c(CNc2cc(Br)ccc2Br)c1. The van der Waals surface area contributed by atoms with Gasteiger partial charge in [0.15, 0.2) is 0 Å². The molecule has 5 heteroatoms. The van der Waals surface area contributed by atoms with E-state index in [-0.39, 0.29) is 5.82 Å². The zero-order valence-corrected chi connectivity index (χ0v) is 13.9. The Labute approximate surface area is 130 Å². The van der Waals surface area contributed by atoms with E-state index >= 15 is 0 Å². The molecular weight excluding hydrogens is 429 g/mol. The van der Waals surface area contributed by atoms with Crippen molar-refractivity contribution in [1.29, 1.82) is 0 Å². The van der Waals surface area contributed by atoms with Gasteiger partial charge < -0.3 is 5.32 Å². The fraction of sp³-hybridized carbons (Fsp3) is 0.0769. The Bertz CT molecular complexity index is 521. The summed E-state index contributed by atoms with van der Waals surface area (Å²) in [5.41, 5.74) is 1.84. The average molecular weight is 438 g/mol. The van der Waals surface area contributed by atoms with Crippen LogP contribution < -0.4 is 5.32 Å². The van der Waals surface area contributed by atoms with Crippen molar-refractivity contribution >= 4 is 53.5 Å². The van der Waals surface area contributed by atoms with Crippen LogP contribution in [-0.2, 0) is 6.54 Å². The van der Waals surface area contributed by atoms with Gasteiger partial charge in [0.05, 0.1) is 0 Å². The lowest BCUT2D eigenvalue weighted by molar-refractivity contribution is 0.625. The molecule has 0 bridgehead atoms. The molecule has 1 N–H and O–H groups in total. The van der Waals surface area contributed by atoms with Crippen LogP contribution in [0.5, 0.6) is 0 Å². The summed E-state index contributed by atoms with van der Waals surface area (Å²) in [6.45, 7) is 0.549. The summed E-state index contributed by atoms with van der Waals surface area (Å²) in [6.07, 6.45) is 0. The maximum atomic E-state index is 13.2. The highest BCUT2D eigenvalue weighted by Gasteiger charge is 2.04. The molecule has 0 aromatic heterocycles. The second kappa shape index (κ2) is 6.17. The monoisotopic (exact) mass is 435 g/mol. The molecule has 2 rings (SSSR count). The van der Waals surface area contributed by atoms with Crippen LogP contribution in [0.3, 0.4) is 0 Å². The van der Waals surface area contributed by atoms with Crippen molar-refractivity contribution in [2.24, 2.45) is 0 Å². The second-order valence-electron chi connectivity index (χ2n) is 3.71. The molecule has 2 aromatic carbocycles. The number of hydrogen-bond acceptors (Lipinski definition) is 1. The molecule has 0 aliphatic heterocycles. The normalized spacial score (nSPS) is 10.4. The standard InChI is InChI=1S/C13H9Br3FN/c14-9-1-3-12(16)13(6-9)18-7-8-5-10(17)2-4-11(8)15/h1-6,18H,7H2. The molecule has 0 unspecified atom stereocenters. The minimum absolute atomic E-state index is 0.233. The average Bonchev–Trinajstić information content (AvgIpc) is 2.34. The summed E-state index contributed by atoms with van der Waals surface area (Å²) in [5.74, 6) is -0.233. The number of hydrogen-bond donors (Lipinski definition) is 1. The Morgan fingerprint density at radius 2 is 1.67 bits per heavy atom. The van der Waals surface area contributed by atoms with Gasteiger partial charge in [0.2, 0.25) is 0 Å². The minimum Gasteiger partial charge on any atom is -0.380 e. The van der Waals surface area contributed by atoms with E-state index in [0.717, 1.165) is 24.7 Å². The van der Waals surface area contributed by atoms with Gasteiger partial charge in [-0.05, 0) is 57.9 Å². The molecule has 2 aromatic rings. The van der Waals surface area contributed by atoms with E-state index in [4.69, 9.17) is 0 Å². The van der Waals surface area contributed by atoms with Gasteiger partial charge in [-0.15, -0.1) is 0 Å². The van der Waals surface area contributed by atoms with Crippen LogP contribution >= 0.6 is 47.8 Å². The Balaban J connectivity index is 2.16. The Kier molecular flexibility index (Phi) is 4.81.